The third-order valence-corrected chi connectivity index (χ3v) is 5.22. The van der Waals surface area contributed by atoms with E-state index in [1.54, 1.807) is 0 Å². The topological polar surface area (TPSA) is 35.3 Å². The molecule has 3 nitrogen and oxygen atoms in total. The Bertz CT molecular complexity index is 1040. The molecule has 1 atom stereocenters. The predicted molar refractivity (Wildman–Crippen MR) is 117 cm³/mol. The molecule has 0 saturated carbocycles. The van der Waals surface area contributed by atoms with Crippen molar-refractivity contribution in [3.63, 3.8) is 0 Å². The van der Waals surface area contributed by atoms with Gasteiger partial charge in [-0.1, -0.05) is 97.0 Å². The zero-order valence-electron chi connectivity index (χ0n) is 16.8. The average molecular weight is 383 g/mol. The number of hydrogen-bond donors (Lipinski definition) is 0. The van der Waals surface area contributed by atoms with Gasteiger partial charge in [-0.15, -0.1) is 0 Å². The fraction of sp³-hybridized carbons (Fsp3) is 0.192. The molecule has 3 heteroatoms. The van der Waals surface area contributed by atoms with Crippen molar-refractivity contribution in [2.24, 2.45) is 0 Å². The molecule has 4 rings (SSSR count). The molecule has 0 aliphatic carbocycles. The zero-order chi connectivity index (χ0) is 20.1. The quantitative estimate of drug-likeness (QED) is 0.359. The maximum atomic E-state index is 6.03. The van der Waals surface area contributed by atoms with E-state index in [-0.39, 0.29) is 0 Å². The normalized spacial score (nSPS) is 12.1. The Balaban J connectivity index is 1.46. The second-order valence-electron chi connectivity index (χ2n) is 7.35. The van der Waals surface area contributed by atoms with E-state index in [2.05, 4.69) is 84.9 Å². The summed E-state index contributed by atoms with van der Waals surface area (Å²) in [5.41, 5.74) is 6.56. The molecule has 146 valence electrons. The fourth-order valence-corrected chi connectivity index (χ4v) is 3.45. The van der Waals surface area contributed by atoms with Gasteiger partial charge in [0.05, 0.1) is 18.9 Å². The van der Waals surface area contributed by atoms with Crippen LogP contribution in [0.3, 0.4) is 0 Å². The van der Waals surface area contributed by atoms with Crippen molar-refractivity contribution in [1.29, 1.82) is 0 Å². The first-order chi connectivity index (χ1) is 14.2. The molecule has 1 heterocycles. The Morgan fingerprint density at radius 3 is 2.07 bits per heavy atom. The van der Waals surface area contributed by atoms with Gasteiger partial charge in [0, 0.05) is 17.0 Å². The third-order valence-electron chi connectivity index (χ3n) is 5.22. The van der Waals surface area contributed by atoms with Crippen LogP contribution >= 0.6 is 0 Å². The Morgan fingerprint density at radius 2 is 1.38 bits per heavy atom. The number of nitrogens with zero attached hydrogens (tertiary/aromatic N) is 1. The smallest absolute Gasteiger partial charge is 0.172 e. The standard InChI is InChI=1S/C26H25NO2/c1-19(21-9-5-3-6-10-21)17-28-18-25-20(2)27-29-26(25)24-15-13-23(14-16-24)22-11-7-4-8-12-22/h3-16,19H,17-18H2,1-2H3. The summed E-state index contributed by atoms with van der Waals surface area (Å²) in [6.07, 6.45) is 0. The Labute approximate surface area is 172 Å². The molecule has 3 aromatic carbocycles. The van der Waals surface area contributed by atoms with Gasteiger partial charge in [0.15, 0.2) is 5.76 Å². The van der Waals surface area contributed by atoms with Crippen LogP contribution in [0.2, 0.25) is 0 Å². The molecular formula is C26H25NO2. The molecule has 29 heavy (non-hydrogen) atoms. The molecule has 0 amide bonds. The van der Waals surface area contributed by atoms with Crippen LogP contribution in [0, 0.1) is 6.92 Å². The summed E-state index contributed by atoms with van der Waals surface area (Å²) in [5.74, 6) is 1.12. The van der Waals surface area contributed by atoms with Gasteiger partial charge in [-0.3, -0.25) is 0 Å². The lowest BCUT2D eigenvalue weighted by Gasteiger charge is -2.12. The van der Waals surface area contributed by atoms with E-state index in [1.165, 1.54) is 16.7 Å². The molecule has 1 aromatic heterocycles. The summed E-state index contributed by atoms with van der Waals surface area (Å²) in [5, 5.41) is 4.17. The van der Waals surface area contributed by atoms with E-state index in [0.717, 1.165) is 22.6 Å². The predicted octanol–water partition coefficient (Wildman–Crippen LogP) is 6.64. The van der Waals surface area contributed by atoms with Crippen molar-refractivity contribution < 1.29 is 9.26 Å². The molecule has 0 radical (unpaired) electrons. The Morgan fingerprint density at radius 1 is 0.793 bits per heavy atom. The van der Waals surface area contributed by atoms with Gasteiger partial charge < -0.3 is 9.26 Å². The number of aryl methyl sites for hydroxylation is 1. The van der Waals surface area contributed by atoms with E-state index in [4.69, 9.17) is 9.26 Å². The molecule has 0 spiro atoms. The average Bonchev–Trinajstić information content (AvgIpc) is 3.15. The Kier molecular flexibility index (Phi) is 5.87. The van der Waals surface area contributed by atoms with Crippen LogP contribution in [0.25, 0.3) is 22.5 Å². The molecular weight excluding hydrogens is 358 g/mol. The fourth-order valence-electron chi connectivity index (χ4n) is 3.45. The maximum Gasteiger partial charge on any atom is 0.172 e. The van der Waals surface area contributed by atoms with Gasteiger partial charge in [-0.05, 0) is 23.6 Å². The molecule has 0 N–H and O–H groups in total. The van der Waals surface area contributed by atoms with Crippen molar-refractivity contribution in [1.82, 2.24) is 5.16 Å². The van der Waals surface area contributed by atoms with Gasteiger partial charge in [0.2, 0.25) is 0 Å². The lowest BCUT2D eigenvalue weighted by atomic mass is 10.0. The highest BCUT2D eigenvalue weighted by Crippen LogP contribution is 2.29. The van der Waals surface area contributed by atoms with Crippen LogP contribution in [0.4, 0.5) is 0 Å². The molecule has 1 unspecified atom stereocenters. The van der Waals surface area contributed by atoms with Crippen LogP contribution in [-0.2, 0) is 11.3 Å². The van der Waals surface area contributed by atoms with E-state index in [0.29, 0.717) is 19.1 Å². The summed E-state index contributed by atoms with van der Waals surface area (Å²) < 4.78 is 11.7. The number of hydrogen-bond acceptors (Lipinski definition) is 3. The van der Waals surface area contributed by atoms with E-state index in [1.807, 2.05) is 19.1 Å². The molecule has 0 aliphatic heterocycles. The van der Waals surface area contributed by atoms with E-state index in [9.17, 15) is 0 Å². The van der Waals surface area contributed by atoms with E-state index >= 15 is 0 Å². The summed E-state index contributed by atoms with van der Waals surface area (Å²) in [6.45, 7) is 5.28. The number of benzene rings is 3. The van der Waals surface area contributed by atoms with Crippen LogP contribution in [0.5, 0.6) is 0 Å². The first-order valence-electron chi connectivity index (χ1n) is 9.96. The number of ether oxygens (including phenoxy) is 1. The first-order valence-corrected chi connectivity index (χ1v) is 9.96. The third kappa shape index (κ3) is 4.47. The maximum absolute atomic E-state index is 6.03. The second kappa shape index (κ2) is 8.89. The highest BCUT2D eigenvalue weighted by molar-refractivity contribution is 5.69. The highest BCUT2D eigenvalue weighted by Gasteiger charge is 2.16. The first kappa shape index (κ1) is 19.2. The summed E-state index contributed by atoms with van der Waals surface area (Å²) >= 11 is 0. The molecule has 0 aliphatic rings. The minimum atomic E-state index is 0.338. The molecule has 0 fully saturated rings. The van der Waals surface area contributed by atoms with Crippen molar-refractivity contribution in [3.05, 3.63) is 102 Å². The van der Waals surface area contributed by atoms with Crippen LogP contribution in [0.1, 0.15) is 29.7 Å². The van der Waals surface area contributed by atoms with Gasteiger partial charge in [-0.2, -0.15) is 0 Å². The van der Waals surface area contributed by atoms with Crippen molar-refractivity contribution >= 4 is 0 Å². The van der Waals surface area contributed by atoms with Gasteiger partial charge in [-0.25, -0.2) is 0 Å². The second-order valence-corrected chi connectivity index (χ2v) is 7.35. The lowest BCUT2D eigenvalue weighted by molar-refractivity contribution is 0.110. The Hall–Kier alpha value is -3.17. The molecule has 0 bridgehead atoms. The largest absolute Gasteiger partial charge is 0.376 e. The van der Waals surface area contributed by atoms with Gasteiger partial charge >= 0.3 is 0 Å². The zero-order valence-corrected chi connectivity index (χ0v) is 16.8. The van der Waals surface area contributed by atoms with Gasteiger partial charge in [0.25, 0.3) is 0 Å². The lowest BCUT2D eigenvalue weighted by Crippen LogP contribution is -2.05. The number of aromatic nitrogens is 1. The highest BCUT2D eigenvalue weighted by atomic mass is 16.5. The van der Waals surface area contributed by atoms with Crippen molar-refractivity contribution in [2.75, 3.05) is 6.61 Å². The number of rotatable bonds is 7. The van der Waals surface area contributed by atoms with Crippen molar-refractivity contribution in [2.45, 2.75) is 26.4 Å². The van der Waals surface area contributed by atoms with Crippen molar-refractivity contribution in [3.8, 4) is 22.5 Å². The summed E-state index contributed by atoms with van der Waals surface area (Å²) in [4.78, 5) is 0. The molecule has 0 saturated heterocycles. The van der Waals surface area contributed by atoms with Gasteiger partial charge in [0.1, 0.15) is 0 Å². The minimum absolute atomic E-state index is 0.338. The van der Waals surface area contributed by atoms with Crippen LogP contribution < -0.4 is 0 Å². The molecule has 4 aromatic rings. The summed E-state index contributed by atoms with van der Waals surface area (Å²) in [6, 6.07) is 29.2. The monoisotopic (exact) mass is 383 g/mol. The van der Waals surface area contributed by atoms with Crippen LogP contribution in [-0.4, -0.2) is 11.8 Å². The SMILES string of the molecule is Cc1noc(-c2ccc(-c3ccccc3)cc2)c1COCC(C)c1ccccc1. The van der Waals surface area contributed by atoms with E-state index < -0.39 is 0 Å². The van der Waals surface area contributed by atoms with Crippen LogP contribution in [0.15, 0.2) is 89.5 Å². The summed E-state index contributed by atoms with van der Waals surface area (Å²) in [7, 11) is 0. The minimum Gasteiger partial charge on any atom is -0.376 e.